The number of methoxy groups -OCH3 is 1. The average molecular weight is 205 g/mol. The van der Waals surface area contributed by atoms with Crippen molar-refractivity contribution < 1.29 is 9.53 Å². The van der Waals surface area contributed by atoms with Crippen LogP contribution in [-0.4, -0.2) is 19.6 Å². The van der Waals surface area contributed by atoms with Gasteiger partial charge in [-0.25, -0.2) is 4.79 Å². The zero-order valence-electron chi connectivity index (χ0n) is 9.04. The Balaban J connectivity index is 2.37. The Morgan fingerprint density at radius 3 is 3.07 bits per heavy atom. The summed E-state index contributed by atoms with van der Waals surface area (Å²) in [6.07, 6.45) is 0.977. The summed E-state index contributed by atoms with van der Waals surface area (Å²) >= 11 is 0. The molecule has 1 N–H and O–H groups in total. The van der Waals surface area contributed by atoms with Crippen molar-refractivity contribution in [2.24, 2.45) is 0 Å². The molecule has 0 aromatic heterocycles. The lowest BCUT2D eigenvalue weighted by molar-refractivity contribution is 0.0600. The molecule has 0 fully saturated rings. The molecule has 1 unspecified atom stereocenters. The first-order chi connectivity index (χ1) is 7.22. The van der Waals surface area contributed by atoms with Crippen molar-refractivity contribution in [3.05, 3.63) is 34.9 Å². The van der Waals surface area contributed by atoms with Crippen LogP contribution in [0.25, 0.3) is 0 Å². The fraction of sp³-hybridized carbons (Fsp3) is 0.417. The summed E-state index contributed by atoms with van der Waals surface area (Å²) in [7, 11) is 1.41. The number of benzene rings is 1. The van der Waals surface area contributed by atoms with Crippen LogP contribution in [0.4, 0.5) is 0 Å². The summed E-state index contributed by atoms with van der Waals surface area (Å²) in [5.41, 5.74) is 3.18. The predicted octanol–water partition coefficient (Wildman–Crippen LogP) is 1.68. The molecule has 1 aliphatic rings. The van der Waals surface area contributed by atoms with Crippen molar-refractivity contribution in [3.63, 3.8) is 0 Å². The van der Waals surface area contributed by atoms with Gasteiger partial charge >= 0.3 is 5.97 Å². The first-order valence-corrected chi connectivity index (χ1v) is 5.17. The van der Waals surface area contributed by atoms with E-state index in [4.69, 9.17) is 4.74 Å². The maximum atomic E-state index is 11.3. The quantitative estimate of drug-likeness (QED) is 0.709. The van der Waals surface area contributed by atoms with E-state index < -0.39 is 0 Å². The lowest BCUT2D eigenvalue weighted by Crippen LogP contribution is -2.27. The van der Waals surface area contributed by atoms with E-state index in [1.54, 1.807) is 0 Å². The lowest BCUT2D eigenvalue weighted by Gasteiger charge is -2.24. The second kappa shape index (κ2) is 4.03. The lowest BCUT2D eigenvalue weighted by atomic mass is 9.93. The molecular formula is C12H15NO2. The number of nitrogens with one attached hydrogen (secondary N) is 1. The molecule has 15 heavy (non-hydrogen) atoms. The zero-order chi connectivity index (χ0) is 10.8. The van der Waals surface area contributed by atoms with Crippen LogP contribution in [0.15, 0.2) is 18.2 Å². The normalized spacial score (nSPS) is 19.5. The van der Waals surface area contributed by atoms with E-state index in [0.29, 0.717) is 11.6 Å². The van der Waals surface area contributed by atoms with Gasteiger partial charge in [0, 0.05) is 6.04 Å². The van der Waals surface area contributed by atoms with E-state index in [1.807, 2.05) is 18.2 Å². The molecule has 3 heteroatoms. The minimum Gasteiger partial charge on any atom is -0.465 e. The van der Waals surface area contributed by atoms with Gasteiger partial charge in [-0.2, -0.15) is 0 Å². The van der Waals surface area contributed by atoms with Crippen molar-refractivity contribution in [2.75, 3.05) is 13.7 Å². The van der Waals surface area contributed by atoms with Gasteiger partial charge in [-0.05, 0) is 43.1 Å². The highest BCUT2D eigenvalue weighted by Crippen LogP contribution is 2.23. The molecular weight excluding hydrogens is 190 g/mol. The topological polar surface area (TPSA) is 38.3 Å². The molecule has 1 aromatic rings. The van der Waals surface area contributed by atoms with Crippen molar-refractivity contribution in [1.29, 1.82) is 0 Å². The van der Waals surface area contributed by atoms with Gasteiger partial charge in [0.15, 0.2) is 0 Å². The Hall–Kier alpha value is -1.35. The van der Waals surface area contributed by atoms with Crippen LogP contribution >= 0.6 is 0 Å². The Morgan fingerprint density at radius 2 is 2.33 bits per heavy atom. The number of esters is 1. The minimum atomic E-state index is -0.260. The number of hydrogen-bond donors (Lipinski definition) is 1. The molecule has 1 aliphatic heterocycles. The van der Waals surface area contributed by atoms with E-state index in [1.165, 1.54) is 18.2 Å². The highest BCUT2D eigenvalue weighted by Gasteiger charge is 2.17. The molecule has 0 saturated carbocycles. The largest absolute Gasteiger partial charge is 0.465 e. The number of carbonyl (C=O) groups is 1. The molecule has 0 saturated heterocycles. The highest BCUT2D eigenvalue weighted by atomic mass is 16.5. The smallest absolute Gasteiger partial charge is 0.337 e. The molecule has 1 heterocycles. The number of fused-ring (bicyclic) bond motifs is 1. The van der Waals surface area contributed by atoms with Gasteiger partial charge in [-0.1, -0.05) is 6.07 Å². The summed E-state index contributed by atoms with van der Waals surface area (Å²) < 4.78 is 4.70. The molecule has 80 valence electrons. The highest BCUT2D eigenvalue weighted by molar-refractivity contribution is 5.89. The molecule has 0 radical (unpaired) electrons. The third-order valence-corrected chi connectivity index (χ3v) is 2.88. The van der Waals surface area contributed by atoms with E-state index in [9.17, 15) is 4.79 Å². The standard InChI is InChI=1S/C12H15NO2/c1-8-11-4-3-10(12(14)15-2)7-9(11)5-6-13-8/h3-4,7-8,13H,5-6H2,1-2H3. The Bertz CT molecular complexity index is 387. The first kappa shape index (κ1) is 10.2. The molecule has 0 bridgehead atoms. The van der Waals surface area contributed by atoms with Crippen LogP contribution in [0.1, 0.15) is 34.5 Å². The molecule has 1 atom stereocenters. The number of ether oxygens (including phenoxy) is 1. The van der Waals surface area contributed by atoms with Crippen molar-refractivity contribution in [1.82, 2.24) is 5.32 Å². The number of carbonyl (C=O) groups excluding carboxylic acids is 1. The fourth-order valence-electron chi connectivity index (χ4n) is 2.02. The van der Waals surface area contributed by atoms with Gasteiger partial charge in [0.25, 0.3) is 0 Å². The second-order valence-electron chi connectivity index (χ2n) is 3.83. The summed E-state index contributed by atoms with van der Waals surface area (Å²) in [6.45, 7) is 3.11. The average Bonchev–Trinajstić information content (AvgIpc) is 2.28. The molecule has 0 amide bonds. The maximum absolute atomic E-state index is 11.3. The van der Waals surface area contributed by atoms with Gasteiger partial charge < -0.3 is 10.1 Å². The fourth-order valence-corrected chi connectivity index (χ4v) is 2.02. The number of hydrogen-bond acceptors (Lipinski definition) is 3. The Kier molecular flexibility index (Phi) is 2.73. The van der Waals surface area contributed by atoms with E-state index in [0.717, 1.165) is 13.0 Å². The first-order valence-electron chi connectivity index (χ1n) is 5.17. The van der Waals surface area contributed by atoms with Crippen molar-refractivity contribution in [2.45, 2.75) is 19.4 Å². The summed E-state index contributed by atoms with van der Waals surface area (Å²) in [5, 5.41) is 3.38. The van der Waals surface area contributed by atoms with Crippen LogP contribution < -0.4 is 5.32 Å². The van der Waals surface area contributed by atoms with E-state index in [2.05, 4.69) is 12.2 Å². The van der Waals surface area contributed by atoms with E-state index >= 15 is 0 Å². The Morgan fingerprint density at radius 1 is 1.53 bits per heavy atom. The van der Waals surface area contributed by atoms with Crippen LogP contribution in [0.2, 0.25) is 0 Å². The van der Waals surface area contributed by atoms with Crippen LogP contribution in [0.3, 0.4) is 0 Å². The monoisotopic (exact) mass is 205 g/mol. The van der Waals surface area contributed by atoms with Gasteiger partial charge in [0.2, 0.25) is 0 Å². The van der Waals surface area contributed by atoms with Crippen molar-refractivity contribution in [3.8, 4) is 0 Å². The van der Waals surface area contributed by atoms with Crippen LogP contribution in [0.5, 0.6) is 0 Å². The minimum absolute atomic E-state index is 0.260. The van der Waals surface area contributed by atoms with Gasteiger partial charge in [-0.15, -0.1) is 0 Å². The molecule has 0 aliphatic carbocycles. The van der Waals surface area contributed by atoms with Crippen molar-refractivity contribution >= 4 is 5.97 Å². The van der Waals surface area contributed by atoms with Crippen LogP contribution in [-0.2, 0) is 11.2 Å². The Labute approximate surface area is 89.4 Å². The maximum Gasteiger partial charge on any atom is 0.337 e. The number of rotatable bonds is 1. The van der Waals surface area contributed by atoms with Gasteiger partial charge in [0.1, 0.15) is 0 Å². The molecule has 3 nitrogen and oxygen atoms in total. The summed E-state index contributed by atoms with van der Waals surface area (Å²) in [5.74, 6) is -0.260. The van der Waals surface area contributed by atoms with Gasteiger partial charge in [-0.3, -0.25) is 0 Å². The zero-order valence-corrected chi connectivity index (χ0v) is 9.04. The summed E-state index contributed by atoms with van der Waals surface area (Å²) in [4.78, 5) is 11.3. The molecule has 0 spiro atoms. The van der Waals surface area contributed by atoms with Crippen LogP contribution in [0, 0.1) is 0 Å². The molecule has 1 aromatic carbocycles. The predicted molar refractivity (Wildman–Crippen MR) is 57.9 cm³/mol. The second-order valence-corrected chi connectivity index (χ2v) is 3.83. The third-order valence-electron chi connectivity index (χ3n) is 2.88. The van der Waals surface area contributed by atoms with Gasteiger partial charge in [0.05, 0.1) is 12.7 Å². The van der Waals surface area contributed by atoms with E-state index in [-0.39, 0.29) is 5.97 Å². The SMILES string of the molecule is COC(=O)c1ccc2c(c1)CCNC2C. The molecule has 2 rings (SSSR count). The summed E-state index contributed by atoms with van der Waals surface area (Å²) in [6, 6.07) is 6.16. The third kappa shape index (κ3) is 1.88.